The summed E-state index contributed by atoms with van der Waals surface area (Å²) in [6.45, 7) is -0.0698. The highest BCUT2D eigenvalue weighted by atomic mass is 19.4. The molecule has 0 spiro atoms. The number of halogens is 3. The van der Waals surface area contributed by atoms with E-state index in [2.05, 4.69) is 5.32 Å². The van der Waals surface area contributed by atoms with Crippen molar-refractivity contribution in [3.05, 3.63) is 70.3 Å². The number of rotatable bonds is 9. The van der Waals surface area contributed by atoms with Gasteiger partial charge in [0.25, 0.3) is 5.91 Å². The maximum absolute atomic E-state index is 14.0. The van der Waals surface area contributed by atoms with Gasteiger partial charge in [-0.25, -0.2) is 0 Å². The maximum Gasteiger partial charge on any atom is 0.416 e. The molecule has 2 aromatic rings. The number of hydrogen-bond acceptors (Lipinski definition) is 6. The van der Waals surface area contributed by atoms with Crippen LogP contribution in [0.4, 0.5) is 13.2 Å². The van der Waals surface area contributed by atoms with E-state index in [0.717, 1.165) is 44.2 Å². The van der Waals surface area contributed by atoms with Crippen LogP contribution in [0.1, 0.15) is 71.5 Å². The number of nitrogens with zero attached hydrogens (tertiary/aromatic N) is 1. The van der Waals surface area contributed by atoms with Gasteiger partial charge in [0.2, 0.25) is 5.91 Å². The smallest absolute Gasteiger partial charge is 0.416 e. The summed E-state index contributed by atoms with van der Waals surface area (Å²) in [6, 6.07) is 7.10. The number of benzene rings is 2. The number of methoxy groups -OCH3 is 1. The van der Waals surface area contributed by atoms with E-state index in [0.29, 0.717) is 41.2 Å². The van der Waals surface area contributed by atoms with E-state index in [1.165, 1.54) is 19.2 Å². The molecule has 2 aliphatic carbocycles. The van der Waals surface area contributed by atoms with Gasteiger partial charge in [-0.15, -0.1) is 0 Å². The molecule has 0 bridgehead atoms. The molecule has 1 fully saturated rings. The van der Waals surface area contributed by atoms with Crippen molar-refractivity contribution in [2.75, 3.05) is 26.8 Å². The summed E-state index contributed by atoms with van der Waals surface area (Å²) in [5, 5.41) is 21.9. The van der Waals surface area contributed by atoms with Crippen LogP contribution in [0.2, 0.25) is 0 Å². The summed E-state index contributed by atoms with van der Waals surface area (Å²) in [5.74, 6) is -0.239. The Hall–Kier alpha value is -3.57. The fourth-order valence-electron chi connectivity index (χ4n) is 6.56. The highest BCUT2D eigenvalue weighted by Crippen LogP contribution is 2.51. The van der Waals surface area contributed by atoms with Crippen LogP contribution >= 0.6 is 0 Å². The average Bonchev–Trinajstić information content (AvgIpc) is 3.39. The van der Waals surface area contributed by atoms with Crippen molar-refractivity contribution in [3.8, 4) is 11.5 Å². The fraction of sp³-hybridized carbons (Fsp3) is 0.500. The molecular formula is C32H37F3N2O6. The van der Waals surface area contributed by atoms with E-state index in [-0.39, 0.29) is 31.2 Å². The van der Waals surface area contributed by atoms with Gasteiger partial charge in [0, 0.05) is 36.2 Å². The molecule has 2 aromatic carbocycles. The van der Waals surface area contributed by atoms with E-state index in [1.54, 1.807) is 23.1 Å². The van der Waals surface area contributed by atoms with Crippen LogP contribution in [-0.4, -0.2) is 65.9 Å². The largest absolute Gasteiger partial charge is 0.493 e. The van der Waals surface area contributed by atoms with Gasteiger partial charge in [-0.2, -0.15) is 13.2 Å². The Labute approximate surface area is 248 Å². The number of carbonyl (C=O) groups excluding carboxylic acids is 2. The first kappa shape index (κ1) is 30.9. The highest BCUT2D eigenvalue weighted by Gasteiger charge is 2.46. The number of carbonyl (C=O) groups is 2. The molecule has 43 heavy (non-hydrogen) atoms. The third-order valence-electron chi connectivity index (χ3n) is 8.66. The summed E-state index contributed by atoms with van der Waals surface area (Å²) < 4.78 is 51.6. The van der Waals surface area contributed by atoms with Crippen LogP contribution in [0.5, 0.6) is 11.5 Å². The van der Waals surface area contributed by atoms with Crippen LogP contribution in [-0.2, 0) is 17.6 Å². The Morgan fingerprint density at radius 3 is 2.44 bits per heavy atom. The minimum absolute atomic E-state index is 0.0300. The van der Waals surface area contributed by atoms with E-state index in [9.17, 15) is 33.0 Å². The predicted octanol–water partition coefficient (Wildman–Crippen LogP) is 4.58. The number of ether oxygens (including phenoxy) is 2. The number of aliphatic hydroxyl groups excluding tert-OH is 2. The fourth-order valence-corrected chi connectivity index (χ4v) is 6.56. The second-order valence-corrected chi connectivity index (χ2v) is 11.4. The highest BCUT2D eigenvalue weighted by molar-refractivity contribution is 5.97. The topological polar surface area (TPSA) is 108 Å². The first-order chi connectivity index (χ1) is 20.6. The molecule has 232 valence electrons. The van der Waals surface area contributed by atoms with Crippen LogP contribution in [0.25, 0.3) is 0 Å². The Morgan fingerprint density at radius 1 is 1.09 bits per heavy atom. The number of alkyl halides is 3. The number of hydrogen-bond donors (Lipinski definition) is 3. The Morgan fingerprint density at radius 2 is 1.81 bits per heavy atom. The molecular weight excluding hydrogens is 565 g/mol. The van der Waals surface area contributed by atoms with Crippen LogP contribution in [0.3, 0.4) is 0 Å². The zero-order chi connectivity index (χ0) is 30.7. The van der Waals surface area contributed by atoms with E-state index >= 15 is 0 Å². The molecule has 0 saturated heterocycles. The molecule has 3 N–H and O–H groups in total. The molecule has 1 saturated carbocycles. The van der Waals surface area contributed by atoms with Crippen molar-refractivity contribution in [3.63, 3.8) is 0 Å². The maximum atomic E-state index is 14.0. The van der Waals surface area contributed by atoms with Gasteiger partial charge in [0.15, 0.2) is 11.5 Å². The van der Waals surface area contributed by atoms with Gasteiger partial charge in [-0.3, -0.25) is 9.59 Å². The molecule has 0 radical (unpaired) electrons. The normalized spacial score (nSPS) is 21.7. The van der Waals surface area contributed by atoms with Crippen molar-refractivity contribution >= 4 is 11.8 Å². The van der Waals surface area contributed by atoms with Crippen LogP contribution in [0, 0.1) is 5.92 Å². The van der Waals surface area contributed by atoms with E-state index in [1.807, 2.05) is 0 Å². The first-order valence-corrected chi connectivity index (χ1v) is 14.7. The summed E-state index contributed by atoms with van der Waals surface area (Å²) in [5.41, 5.74) is 0.938. The monoisotopic (exact) mass is 602 g/mol. The molecule has 5 rings (SSSR count). The molecule has 2 amide bonds. The molecule has 1 aliphatic heterocycles. The average molecular weight is 603 g/mol. The van der Waals surface area contributed by atoms with E-state index in [4.69, 9.17) is 9.47 Å². The molecule has 3 atom stereocenters. The second kappa shape index (κ2) is 13.0. The Kier molecular flexibility index (Phi) is 9.31. The third-order valence-corrected chi connectivity index (χ3v) is 8.66. The minimum atomic E-state index is -4.52. The van der Waals surface area contributed by atoms with Gasteiger partial charge in [-0.1, -0.05) is 25.3 Å². The lowest BCUT2D eigenvalue weighted by molar-refractivity contribution is -0.137. The van der Waals surface area contributed by atoms with Crippen molar-refractivity contribution < 1.29 is 42.4 Å². The lowest BCUT2D eigenvalue weighted by Gasteiger charge is -2.39. The van der Waals surface area contributed by atoms with Gasteiger partial charge in [-0.05, 0) is 60.7 Å². The van der Waals surface area contributed by atoms with Crippen LogP contribution in [0.15, 0.2) is 48.0 Å². The molecule has 3 unspecified atom stereocenters. The molecule has 1 heterocycles. The lowest BCUT2D eigenvalue weighted by Crippen LogP contribution is -2.48. The zero-order valence-electron chi connectivity index (χ0n) is 24.0. The van der Waals surface area contributed by atoms with Crippen molar-refractivity contribution in [1.82, 2.24) is 10.2 Å². The van der Waals surface area contributed by atoms with Gasteiger partial charge in [0.05, 0.1) is 37.8 Å². The summed E-state index contributed by atoms with van der Waals surface area (Å²) in [4.78, 5) is 29.2. The summed E-state index contributed by atoms with van der Waals surface area (Å²) >= 11 is 0. The van der Waals surface area contributed by atoms with Crippen molar-refractivity contribution in [1.29, 1.82) is 0 Å². The number of amides is 2. The zero-order valence-corrected chi connectivity index (χ0v) is 24.0. The van der Waals surface area contributed by atoms with Crippen molar-refractivity contribution in [2.24, 2.45) is 5.92 Å². The van der Waals surface area contributed by atoms with E-state index < -0.39 is 41.6 Å². The second-order valence-electron chi connectivity index (χ2n) is 11.4. The number of nitrogens with one attached hydrogen (secondary N) is 1. The summed E-state index contributed by atoms with van der Waals surface area (Å²) in [7, 11) is 1.49. The van der Waals surface area contributed by atoms with Gasteiger partial charge in [0.1, 0.15) is 6.10 Å². The minimum Gasteiger partial charge on any atom is -0.493 e. The Bertz CT molecular complexity index is 1350. The summed E-state index contributed by atoms with van der Waals surface area (Å²) in [6.07, 6.45) is 2.11. The predicted molar refractivity (Wildman–Crippen MR) is 152 cm³/mol. The van der Waals surface area contributed by atoms with Gasteiger partial charge < -0.3 is 29.9 Å². The van der Waals surface area contributed by atoms with Gasteiger partial charge >= 0.3 is 6.18 Å². The third kappa shape index (κ3) is 6.52. The number of fused-ring (bicyclic) bond motifs is 3. The van der Waals surface area contributed by atoms with Crippen molar-refractivity contribution in [2.45, 2.75) is 69.4 Å². The molecule has 3 aliphatic rings. The lowest BCUT2D eigenvalue weighted by atomic mass is 9.78. The molecule has 0 aromatic heterocycles. The quantitative estimate of drug-likeness (QED) is 0.388. The standard InChI is InChI=1S/C32H37F3N2O6/c1-42-27-14-20(18-39)13-24-28-25(30(40)36-11-12-38)15-23(16-26(28)43-29(24)27)37(17-19-5-3-2-4-6-19)31(41)21-7-9-22(10-8-21)32(33,34)35/h7-10,13-15,19,23,26,28,38-39H,2-6,11-12,16-18H2,1H3,(H,36,40). The molecule has 11 heteroatoms. The first-order valence-electron chi connectivity index (χ1n) is 14.7. The number of aliphatic hydroxyl groups is 2. The molecule has 8 nitrogen and oxygen atoms in total. The SMILES string of the molecule is COc1cc(CO)cc2c1OC1CC(N(CC3CCCCC3)C(=O)c3ccc(C(F)(F)F)cc3)C=C(C(=O)NCCO)C21. The van der Waals surface area contributed by atoms with Crippen LogP contribution < -0.4 is 14.8 Å². The Balaban J connectivity index is 1.54.